The van der Waals surface area contributed by atoms with Crippen molar-refractivity contribution in [1.29, 1.82) is 0 Å². The zero-order valence-corrected chi connectivity index (χ0v) is 8.69. The zero-order chi connectivity index (χ0) is 11.7. The minimum Gasteiger partial charge on any atom is -0.323 e. The minimum absolute atomic E-state index is 0.188. The Kier molecular flexibility index (Phi) is 2.70. The van der Waals surface area contributed by atoms with Gasteiger partial charge in [0.25, 0.3) is 0 Å². The molecule has 0 radical (unpaired) electrons. The maximum atomic E-state index is 13.0. The molecule has 0 bridgehead atoms. The fraction of sp³-hybridized carbons (Fsp3) is 0.182. The van der Waals surface area contributed by atoms with Crippen molar-refractivity contribution in [2.24, 2.45) is 5.73 Å². The first-order valence-corrected chi connectivity index (χ1v) is 4.83. The molecule has 2 aromatic rings. The van der Waals surface area contributed by atoms with Gasteiger partial charge in [-0.2, -0.15) is 0 Å². The van der Waals surface area contributed by atoms with E-state index in [9.17, 15) is 8.78 Å². The van der Waals surface area contributed by atoms with Crippen LogP contribution >= 0.6 is 0 Å². The van der Waals surface area contributed by atoms with Crippen LogP contribution in [0.5, 0.6) is 0 Å². The van der Waals surface area contributed by atoms with E-state index < -0.39 is 11.6 Å². The second kappa shape index (κ2) is 4.02. The van der Waals surface area contributed by atoms with E-state index in [2.05, 4.69) is 4.98 Å². The van der Waals surface area contributed by atoms with Gasteiger partial charge in [0.2, 0.25) is 0 Å². The lowest BCUT2D eigenvalue weighted by Gasteiger charge is -2.02. The summed E-state index contributed by atoms with van der Waals surface area (Å²) in [5.41, 5.74) is 6.86. The van der Waals surface area contributed by atoms with Gasteiger partial charge in [-0.05, 0) is 19.1 Å². The lowest BCUT2D eigenvalue weighted by Crippen LogP contribution is -2.04. The normalized spacial score (nSPS) is 12.8. The van der Waals surface area contributed by atoms with Crippen LogP contribution in [0.2, 0.25) is 0 Å². The van der Waals surface area contributed by atoms with Crippen LogP contribution in [-0.2, 0) is 0 Å². The number of halogens is 2. The largest absolute Gasteiger partial charge is 0.323 e. The molecule has 0 unspecified atom stereocenters. The molecule has 16 heavy (non-hydrogen) atoms. The highest BCUT2D eigenvalue weighted by atomic mass is 19.2. The van der Waals surface area contributed by atoms with E-state index in [1.807, 2.05) is 0 Å². The average Bonchev–Trinajstić information content (AvgIpc) is 2.71. The summed E-state index contributed by atoms with van der Waals surface area (Å²) in [6.45, 7) is 1.80. The number of hydrogen-bond acceptors (Lipinski definition) is 2. The fourth-order valence-corrected chi connectivity index (χ4v) is 1.36. The van der Waals surface area contributed by atoms with Crippen LogP contribution in [0.1, 0.15) is 18.7 Å². The lowest BCUT2D eigenvalue weighted by atomic mass is 10.2. The Bertz CT molecular complexity index is 506. The van der Waals surface area contributed by atoms with Gasteiger partial charge in [0.15, 0.2) is 11.6 Å². The Labute approximate surface area is 91.5 Å². The highest BCUT2D eigenvalue weighted by molar-refractivity contribution is 5.33. The SMILES string of the molecule is C[C@H](N)c1cn(-c2ccc(F)c(F)c2)cn1. The summed E-state index contributed by atoms with van der Waals surface area (Å²) in [6, 6.07) is 3.48. The molecule has 0 fully saturated rings. The first-order chi connectivity index (χ1) is 7.58. The molecule has 84 valence electrons. The molecule has 0 spiro atoms. The highest BCUT2D eigenvalue weighted by Crippen LogP contribution is 2.15. The Morgan fingerprint density at radius 1 is 1.31 bits per heavy atom. The number of nitrogens with zero attached hydrogens (tertiary/aromatic N) is 2. The van der Waals surface area contributed by atoms with E-state index in [0.29, 0.717) is 11.4 Å². The summed E-state index contributed by atoms with van der Waals surface area (Å²) in [5, 5.41) is 0. The Morgan fingerprint density at radius 2 is 2.06 bits per heavy atom. The number of rotatable bonds is 2. The molecule has 1 atom stereocenters. The van der Waals surface area contributed by atoms with Gasteiger partial charge >= 0.3 is 0 Å². The maximum Gasteiger partial charge on any atom is 0.160 e. The lowest BCUT2D eigenvalue weighted by molar-refractivity contribution is 0.508. The minimum atomic E-state index is -0.881. The number of nitrogens with two attached hydrogens (primary N) is 1. The number of aromatic nitrogens is 2. The molecule has 0 saturated heterocycles. The van der Waals surface area contributed by atoms with Gasteiger partial charge in [0, 0.05) is 24.0 Å². The molecule has 0 aliphatic rings. The van der Waals surface area contributed by atoms with E-state index >= 15 is 0 Å². The number of benzene rings is 1. The summed E-state index contributed by atoms with van der Waals surface area (Å²) in [5.74, 6) is -1.75. The van der Waals surface area contributed by atoms with E-state index in [1.165, 1.54) is 12.4 Å². The summed E-state index contributed by atoms with van der Waals surface area (Å²) >= 11 is 0. The summed E-state index contributed by atoms with van der Waals surface area (Å²) in [6.07, 6.45) is 3.21. The van der Waals surface area contributed by atoms with Crippen molar-refractivity contribution in [3.63, 3.8) is 0 Å². The van der Waals surface area contributed by atoms with Gasteiger partial charge in [-0.1, -0.05) is 0 Å². The molecule has 1 aromatic carbocycles. The van der Waals surface area contributed by atoms with Crippen LogP contribution in [0, 0.1) is 11.6 Å². The molecule has 5 heteroatoms. The first-order valence-electron chi connectivity index (χ1n) is 4.83. The van der Waals surface area contributed by atoms with E-state index in [-0.39, 0.29) is 6.04 Å². The second-order valence-corrected chi connectivity index (χ2v) is 3.59. The smallest absolute Gasteiger partial charge is 0.160 e. The van der Waals surface area contributed by atoms with Crippen LogP contribution in [0.25, 0.3) is 5.69 Å². The molecule has 3 nitrogen and oxygen atoms in total. The molecule has 2 rings (SSSR count). The third-order valence-electron chi connectivity index (χ3n) is 2.27. The molecule has 2 N–H and O–H groups in total. The van der Waals surface area contributed by atoms with Crippen LogP contribution in [0.3, 0.4) is 0 Å². The van der Waals surface area contributed by atoms with Crippen molar-refractivity contribution in [2.75, 3.05) is 0 Å². The molecule has 0 saturated carbocycles. The van der Waals surface area contributed by atoms with Crippen molar-refractivity contribution in [1.82, 2.24) is 9.55 Å². The highest BCUT2D eigenvalue weighted by Gasteiger charge is 2.07. The van der Waals surface area contributed by atoms with Gasteiger partial charge in [-0.15, -0.1) is 0 Å². The maximum absolute atomic E-state index is 13.0. The second-order valence-electron chi connectivity index (χ2n) is 3.59. The first kappa shape index (κ1) is 10.8. The predicted octanol–water partition coefficient (Wildman–Crippen LogP) is 2.17. The van der Waals surface area contributed by atoms with Crippen LogP contribution in [0.4, 0.5) is 8.78 Å². The number of imidazole rings is 1. The van der Waals surface area contributed by atoms with Gasteiger partial charge in [0.05, 0.1) is 12.0 Å². The molecule has 0 amide bonds. The van der Waals surface area contributed by atoms with E-state index in [1.54, 1.807) is 17.7 Å². The van der Waals surface area contributed by atoms with E-state index in [0.717, 1.165) is 12.1 Å². The third kappa shape index (κ3) is 1.94. The summed E-state index contributed by atoms with van der Waals surface area (Å²) in [4.78, 5) is 4.07. The monoisotopic (exact) mass is 223 g/mol. The Balaban J connectivity index is 2.39. The molecule has 0 aliphatic carbocycles. The zero-order valence-electron chi connectivity index (χ0n) is 8.69. The average molecular weight is 223 g/mol. The fourth-order valence-electron chi connectivity index (χ4n) is 1.36. The molecule has 1 aromatic heterocycles. The summed E-state index contributed by atoms with van der Waals surface area (Å²) in [7, 11) is 0. The predicted molar refractivity (Wildman–Crippen MR) is 56.1 cm³/mol. The van der Waals surface area contributed by atoms with Crippen molar-refractivity contribution in [3.05, 3.63) is 48.1 Å². The van der Waals surface area contributed by atoms with Crippen molar-refractivity contribution < 1.29 is 8.78 Å². The van der Waals surface area contributed by atoms with Gasteiger partial charge in [0.1, 0.15) is 0 Å². The molecule has 1 heterocycles. The van der Waals surface area contributed by atoms with Gasteiger partial charge < -0.3 is 10.3 Å². The van der Waals surface area contributed by atoms with Crippen molar-refractivity contribution in [2.45, 2.75) is 13.0 Å². The van der Waals surface area contributed by atoms with Crippen LogP contribution in [-0.4, -0.2) is 9.55 Å². The Hall–Kier alpha value is -1.75. The summed E-state index contributed by atoms with van der Waals surface area (Å²) < 4.78 is 27.3. The van der Waals surface area contributed by atoms with Crippen molar-refractivity contribution in [3.8, 4) is 5.69 Å². The quantitative estimate of drug-likeness (QED) is 0.847. The van der Waals surface area contributed by atoms with E-state index in [4.69, 9.17) is 5.73 Å². The molecular formula is C11H11F2N3. The standard InChI is InChI=1S/C11H11F2N3/c1-7(14)11-5-16(6-15-11)8-2-3-9(12)10(13)4-8/h2-7H,14H2,1H3/t7-/m0/s1. The topological polar surface area (TPSA) is 43.8 Å². The van der Waals surface area contributed by atoms with Gasteiger partial charge in [-0.25, -0.2) is 13.8 Å². The van der Waals surface area contributed by atoms with Gasteiger partial charge in [-0.3, -0.25) is 0 Å². The number of hydrogen-bond donors (Lipinski definition) is 1. The van der Waals surface area contributed by atoms with Crippen LogP contribution in [0.15, 0.2) is 30.7 Å². The van der Waals surface area contributed by atoms with Crippen molar-refractivity contribution >= 4 is 0 Å². The Morgan fingerprint density at radius 3 is 2.62 bits per heavy atom. The molecular weight excluding hydrogens is 212 g/mol. The third-order valence-corrected chi connectivity index (χ3v) is 2.27. The van der Waals surface area contributed by atoms with Crippen LogP contribution < -0.4 is 5.73 Å². The molecule has 0 aliphatic heterocycles.